The fourth-order valence-corrected chi connectivity index (χ4v) is 3.60. The molecular formula is C19H19N3O5. The Morgan fingerprint density at radius 2 is 1.07 bits per heavy atom. The predicted octanol–water partition coefficient (Wildman–Crippen LogP) is 3.73. The molecule has 1 heterocycles. The molecule has 1 saturated heterocycles. The van der Waals surface area contributed by atoms with Crippen LogP contribution in [-0.4, -0.2) is 15.6 Å². The molecule has 140 valence electrons. The number of Topliss-reactive ketones (excluding diaryl/α,β-unsaturated/α-hetero) is 1. The van der Waals surface area contributed by atoms with Crippen molar-refractivity contribution in [2.24, 2.45) is 11.8 Å². The molecule has 1 aliphatic heterocycles. The highest BCUT2D eigenvalue weighted by Gasteiger charge is 2.40. The predicted molar refractivity (Wildman–Crippen MR) is 98.1 cm³/mol. The Kier molecular flexibility index (Phi) is 5.00. The summed E-state index contributed by atoms with van der Waals surface area (Å²) in [7, 11) is 0. The van der Waals surface area contributed by atoms with Gasteiger partial charge in [-0.1, -0.05) is 38.1 Å². The van der Waals surface area contributed by atoms with E-state index in [0.717, 1.165) is 11.1 Å². The molecular weight excluding hydrogens is 350 g/mol. The number of ketones is 1. The molecule has 0 amide bonds. The van der Waals surface area contributed by atoms with Crippen LogP contribution in [0.1, 0.15) is 37.1 Å². The Morgan fingerprint density at radius 1 is 0.741 bits per heavy atom. The van der Waals surface area contributed by atoms with E-state index in [4.69, 9.17) is 0 Å². The summed E-state index contributed by atoms with van der Waals surface area (Å²) in [5, 5.41) is 25.1. The van der Waals surface area contributed by atoms with Gasteiger partial charge in [0.2, 0.25) is 0 Å². The average Bonchev–Trinajstić information content (AvgIpc) is 2.66. The van der Waals surface area contributed by atoms with Crippen LogP contribution >= 0.6 is 0 Å². The minimum atomic E-state index is -0.464. The zero-order valence-electron chi connectivity index (χ0n) is 14.9. The van der Waals surface area contributed by atoms with E-state index in [9.17, 15) is 25.0 Å². The zero-order valence-corrected chi connectivity index (χ0v) is 14.9. The van der Waals surface area contributed by atoms with Crippen molar-refractivity contribution in [3.8, 4) is 0 Å². The summed E-state index contributed by atoms with van der Waals surface area (Å²) in [5.74, 6) is -0.507. The number of nitrogens with one attached hydrogen (secondary N) is 1. The molecule has 0 radical (unpaired) electrons. The van der Waals surface area contributed by atoms with Gasteiger partial charge in [0.1, 0.15) is 5.78 Å². The van der Waals surface area contributed by atoms with Crippen LogP contribution in [-0.2, 0) is 4.79 Å². The maximum absolute atomic E-state index is 12.8. The van der Waals surface area contributed by atoms with E-state index in [-0.39, 0.29) is 41.1 Å². The molecule has 0 spiro atoms. The molecule has 4 atom stereocenters. The number of piperidine rings is 1. The molecule has 0 bridgehead atoms. The van der Waals surface area contributed by atoms with Gasteiger partial charge in [0.05, 0.1) is 9.85 Å². The summed E-state index contributed by atoms with van der Waals surface area (Å²) in [6.07, 6.45) is 0. The monoisotopic (exact) mass is 369 g/mol. The maximum Gasteiger partial charge on any atom is 0.269 e. The fourth-order valence-electron chi connectivity index (χ4n) is 3.60. The molecule has 2 aromatic rings. The molecule has 0 unspecified atom stereocenters. The van der Waals surface area contributed by atoms with Crippen LogP contribution in [0.3, 0.4) is 0 Å². The van der Waals surface area contributed by atoms with E-state index < -0.39 is 9.85 Å². The molecule has 0 saturated carbocycles. The fraction of sp³-hybridized carbons (Fsp3) is 0.316. The van der Waals surface area contributed by atoms with Crippen LogP contribution in [0.5, 0.6) is 0 Å². The van der Waals surface area contributed by atoms with E-state index in [1.165, 1.54) is 24.3 Å². The number of rotatable bonds is 4. The first-order valence-corrected chi connectivity index (χ1v) is 8.58. The summed E-state index contributed by atoms with van der Waals surface area (Å²) in [5.41, 5.74) is 1.57. The minimum Gasteiger partial charge on any atom is -0.302 e. The van der Waals surface area contributed by atoms with Gasteiger partial charge in [-0.15, -0.1) is 0 Å². The third kappa shape index (κ3) is 3.56. The van der Waals surface area contributed by atoms with Gasteiger partial charge in [-0.3, -0.25) is 25.0 Å². The number of hydrogen-bond donors (Lipinski definition) is 1. The first-order chi connectivity index (χ1) is 12.8. The SMILES string of the molecule is C[C@@H]1C(=O)[C@@H](C)[C@H](c2ccc([N+](=O)[O-])cc2)N[C@@H]1c1ccc([N+](=O)[O-])cc1. The van der Waals surface area contributed by atoms with Crippen molar-refractivity contribution in [3.05, 3.63) is 79.9 Å². The molecule has 0 aromatic heterocycles. The van der Waals surface area contributed by atoms with Crippen LogP contribution < -0.4 is 5.32 Å². The largest absolute Gasteiger partial charge is 0.302 e. The quantitative estimate of drug-likeness (QED) is 0.648. The molecule has 27 heavy (non-hydrogen) atoms. The van der Waals surface area contributed by atoms with Crippen molar-refractivity contribution in [3.63, 3.8) is 0 Å². The Morgan fingerprint density at radius 3 is 1.37 bits per heavy atom. The minimum absolute atomic E-state index is 0.00572. The Labute approximate surface area is 155 Å². The molecule has 1 aliphatic rings. The molecule has 1 N–H and O–H groups in total. The number of carbonyl (C=O) groups is 1. The Balaban J connectivity index is 1.91. The highest BCUT2D eigenvalue weighted by atomic mass is 16.6. The molecule has 1 fully saturated rings. The van der Waals surface area contributed by atoms with Crippen LogP contribution in [0.15, 0.2) is 48.5 Å². The second-order valence-corrected chi connectivity index (χ2v) is 6.80. The average molecular weight is 369 g/mol. The maximum atomic E-state index is 12.8. The summed E-state index contributed by atoms with van der Waals surface area (Å²) in [6, 6.07) is 11.7. The summed E-state index contributed by atoms with van der Waals surface area (Å²) < 4.78 is 0. The number of hydrogen-bond acceptors (Lipinski definition) is 6. The van der Waals surface area contributed by atoms with Gasteiger partial charge in [-0.05, 0) is 11.1 Å². The number of non-ortho nitro benzene ring substituents is 2. The zero-order chi connectivity index (χ0) is 19.7. The first-order valence-electron chi connectivity index (χ1n) is 8.58. The number of nitrogens with zero attached hydrogens (tertiary/aromatic N) is 2. The third-order valence-electron chi connectivity index (χ3n) is 5.18. The van der Waals surface area contributed by atoms with Crippen molar-refractivity contribution in [2.75, 3.05) is 0 Å². The lowest BCUT2D eigenvalue weighted by Crippen LogP contribution is -2.46. The lowest BCUT2D eigenvalue weighted by molar-refractivity contribution is -0.385. The van der Waals surface area contributed by atoms with Crippen molar-refractivity contribution >= 4 is 17.2 Å². The summed E-state index contributed by atoms with van der Waals surface area (Å²) in [4.78, 5) is 33.6. The summed E-state index contributed by atoms with van der Waals surface area (Å²) >= 11 is 0. The lowest BCUT2D eigenvalue weighted by Gasteiger charge is -2.39. The number of nitro groups is 2. The van der Waals surface area contributed by atoms with Gasteiger partial charge in [0, 0.05) is 48.2 Å². The van der Waals surface area contributed by atoms with Crippen LogP contribution in [0.25, 0.3) is 0 Å². The normalized spacial score (nSPS) is 25.2. The van der Waals surface area contributed by atoms with E-state index in [0.29, 0.717) is 0 Å². The molecule has 8 heteroatoms. The van der Waals surface area contributed by atoms with Crippen LogP contribution in [0.2, 0.25) is 0 Å². The van der Waals surface area contributed by atoms with E-state index in [1.54, 1.807) is 24.3 Å². The Hall–Kier alpha value is -3.13. The highest BCUT2D eigenvalue weighted by molar-refractivity contribution is 5.85. The lowest BCUT2D eigenvalue weighted by atomic mass is 9.76. The van der Waals surface area contributed by atoms with Crippen molar-refractivity contribution in [2.45, 2.75) is 25.9 Å². The smallest absolute Gasteiger partial charge is 0.269 e. The third-order valence-corrected chi connectivity index (χ3v) is 5.18. The van der Waals surface area contributed by atoms with Gasteiger partial charge < -0.3 is 5.32 Å². The van der Waals surface area contributed by atoms with Crippen LogP contribution in [0.4, 0.5) is 11.4 Å². The summed E-state index contributed by atoms with van der Waals surface area (Å²) in [6.45, 7) is 3.67. The number of nitro benzene ring substituents is 2. The van der Waals surface area contributed by atoms with Gasteiger partial charge in [-0.25, -0.2) is 0 Å². The van der Waals surface area contributed by atoms with Crippen LogP contribution in [0, 0.1) is 32.1 Å². The second kappa shape index (κ2) is 7.24. The van der Waals surface area contributed by atoms with Crippen molar-refractivity contribution < 1.29 is 14.6 Å². The number of carbonyl (C=O) groups excluding carboxylic acids is 1. The highest BCUT2D eigenvalue weighted by Crippen LogP contribution is 2.38. The topological polar surface area (TPSA) is 115 Å². The first kappa shape index (κ1) is 18.7. The molecule has 0 aliphatic carbocycles. The van der Waals surface area contributed by atoms with E-state index in [1.807, 2.05) is 13.8 Å². The van der Waals surface area contributed by atoms with E-state index >= 15 is 0 Å². The standard InChI is InChI=1S/C19H19N3O5/c1-11-17(13-3-7-15(8-4-13)21(24)25)20-18(12(2)19(11)23)14-5-9-16(10-6-14)22(26)27/h3-12,17-18,20H,1-2H3/t11-,12-,17-,18+/m0/s1. The van der Waals surface area contributed by atoms with Crippen molar-refractivity contribution in [1.82, 2.24) is 5.32 Å². The van der Waals surface area contributed by atoms with Crippen molar-refractivity contribution in [1.29, 1.82) is 0 Å². The molecule has 3 rings (SSSR count). The Bertz CT molecular complexity index is 808. The van der Waals surface area contributed by atoms with E-state index in [2.05, 4.69) is 5.32 Å². The van der Waals surface area contributed by atoms with Gasteiger partial charge in [-0.2, -0.15) is 0 Å². The molecule has 2 aromatic carbocycles. The molecule has 8 nitrogen and oxygen atoms in total. The van der Waals surface area contributed by atoms with Gasteiger partial charge in [0.15, 0.2) is 0 Å². The van der Waals surface area contributed by atoms with Gasteiger partial charge in [0.25, 0.3) is 11.4 Å². The second-order valence-electron chi connectivity index (χ2n) is 6.80. The number of benzene rings is 2. The van der Waals surface area contributed by atoms with Gasteiger partial charge >= 0.3 is 0 Å².